The normalized spacial score (nSPS) is 18.6. The second kappa shape index (κ2) is 9.82. The Labute approximate surface area is 146 Å². The highest BCUT2D eigenvalue weighted by molar-refractivity contribution is 8.76. The molecule has 8 heteroatoms. The van der Waals surface area contributed by atoms with E-state index in [4.69, 9.17) is 4.74 Å². The monoisotopic (exact) mass is 366 g/mol. The molecule has 1 aliphatic rings. The Morgan fingerprint density at radius 3 is 2.68 bits per heavy atom. The lowest BCUT2D eigenvalue weighted by Crippen LogP contribution is -2.33. The number of thiol groups is 1. The Morgan fingerprint density at radius 1 is 1.41 bits per heavy atom. The van der Waals surface area contributed by atoms with Crippen molar-refractivity contribution in [2.45, 2.75) is 32.8 Å². The molecule has 1 unspecified atom stereocenters. The summed E-state index contributed by atoms with van der Waals surface area (Å²) in [4.78, 5) is 25.1. The highest BCUT2D eigenvalue weighted by Crippen LogP contribution is 2.23. The lowest BCUT2D eigenvalue weighted by atomic mass is 10.1. The van der Waals surface area contributed by atoms with E-state index in [-0.39, 0.29) is 12.0 Å². The van der Waals surface area contributed by atoms with Gasteiger partial charge in [0.1, 0.15) is 5.60 Å². The van der Waals surface area contributed by atoms with E-state index in [1.807, 2.05) is 25.7 Å². The summed E-state index contributed by atoms with van der Waals surface area (Å²) >= 11 is 4.25. The van der Waals surface area contributed by atoms with E-state index in [1.165, 1.54) is 0 Å². The number of carbonyl (C=O) groups is 2. The number of amides is 2. The van der Waals surface area contributed by atoms with Crippen molar-refractivity contribution in [3.05, 3.63) is 0 Å². The van der Waals surface area contributed by atoms with Gasteiger partial charge in [0, 0.05) is 37.6 Å². The van der Waals surface area contributed by atoms with Gasteiger partial charge in [-0.3, -0.25) is 4.79 Å². The van der Waals surface area contributed by atoms with E-state index in [1.54, 1.807) is 21.6 Å². The first-order valence-corrected chi connectivity index (χ1v) is 10.5. The van der Waals surface area contributed by atoms with Gasteiger partial charge in [-0.2, -0.15) is 12.6 Å². The Balaban J connectivity index is 1.98. The highest BCUT2D eigenvalue weighted by Gasteiger charge is 2.27. The molecule has 128 valence electrons. The summed E-state index contributed by atoms with van der Waals surface area (Å²) in [7, 11) is 3.43. The fourth-order valence-corrected chi connectivity index (χ4v) is 4.11. The minimum Gasteiger partial charge on any atom is -0.444 e. The van der Waals surface area contributed by atoms with Crippen LogP contribution in [0.1, 0.15) is 27.2 Å². The van der Waals surface area contributed by atoms with Crippen molar-refractivity contribution >= 4 is 46.2 Å². The molecule has 22 heavy (non-hydrogen) atoms. The molecule has 0 bridgehead atoms. The molecule has 1 aliphatic heterocycles. The molecule has 5 nitrogen and oxygen atoms in total. The van der Waals surface area contributed by atoms with Crippen molar-refractivity contribution < 1.29 is 14.3 Å². The van der Waals surface area contributed by atoms with Crippen molar-refractivity contribution in [3.63, 3.8) is 0 Å². The molecule has 1 N–H and O–H groups in total. The van der Waals surface area contributed by atoms with Gasteiger partial charge in [-0.15, -0.1) is 0 Å². The second-order valence-electron chi connectivity index (χ2n) is 6.17. The summed E-state index contributed by atoms with van der Waals surface area (Å²) in [6.45, 7) is 7.74. The standard InChI is InChI=1S/C14H26N2O3S3/c1-14(2,3)19-13(18)15-4-6-21-22-7-5-16-9-11(10-20)8-12(16)17/h11,20H,4-10H2,1-3H3,(H,15,18). The van der Waals surface area contributed by atoms with Crippen LogP contribution in [0.15, 0.2) is 0 Å². The molecular formula is C14H26N2O3S3. The molecule has 0 aromatic heterocycles. The Kier molecular flexibility index (Phi) is 8.86. The number of carbonyl (C=O) groups excluding carboxylic acids is 2. The quantitative estimate of drug-likeness (QED) is 0.393. The average molecular weight is 367 g/mol. The van der Waals surface area contributed by atoms with E-state index in [9.17, 15) is 9.59 Å². The summed E-state index contributed by atoms with van der Waals surface area (Å²) in [6, 6.07) is 0. The van der Waals surface area contributed by atoms with Crippen LogP contribution in [0.3, 0.4) is 0 Å². The molecule has 0 aliphatic carbocycles. The van der Waals surface area contributed by atoms with Crippen LogP contribution in [0, 0.1) is 5.92 Å². The van der Waals surface area contributed by atoms with Crippen molar-refractivity contribution in [1.82, 2.24) is 10.2 Å². The molecule has 1 heterocycles. The number of likely N-dealkylation sites (tertiary alicyclic amines) is 1. The lowest BCUT2D eigenvalue weighted by molar-refractivity contribution is -0.127. The Bertz CT molecular complexity index is 375. The maximum absolute atomic E-state index is 11.7. The fourth-order valence-electron chi connectivity index (χ4n) is 1.97. The van der Waals surface area contributed by atoms with Gasteiger partial charge >= 0.3 is 6.09 Å². The Hall–Kier alpha value is -0.210. The molecule has 1 rings (SSSR count). The summed E-state index contributed by atoms with van der Waals surface area (Å²) < 4.78 is 5.15. The molecule has 0 aromatic rings. The van der Waals surface area contributed by atoms with Gasteiger partial charge in [0.05, 0.1) is 0 Å². The molecule has 1 fully saturated rings. The van der Waals surface area contributed by atoms with E-state index >= 15 is 0 Å². The zero-order chi connectivity index (χ0) is 16.6. The molecule has 1 saturated heterocycles. The first-order chi connectivity index (χ1) is 10.3. The third-order valence-electron chi connectivity index (χ3n) is 2.93. The first kappa shape index (κ1) is 19.8. The molecule has 0 radical (unpaired) electrons. The van der Waals surface area contributed by atoms with Crippen LogP contribution in [0.2, 0.25) is 0 Å². The van der Waals surface area contributed by atoms with Crippen LogP contribution >= 0.6 is 34.2 Å². The van der Waals surface area contributed by atoms with Gasteiger partial charge in [-0.05, 0) is 32.4 Å². The second-order valence-corrected chi connectivity index (χ2v) is 9.23. The minimum atomic E-state index is -0.459. The van der Waals surface area contributed by atoms with Crippen LogP contribution in [0.4, 0.5) is 4.79 Å². The number of ether oxygens (including phenoxy) is 1. The van der Waals surface area contributed by atoms with Crippen molar-refractivity contribution in [1.29, 1.82) is 0 Å². The molecule has 0 saturated carbocycles. The maximum Gasteiger partial charge on any atom is 0.407 e. The maximum atomic E-state index is 11.7. The molecule has 0 spiro atoms. The Morgan fingerprint density at radius 2 is 2.09 bits per heavy atom. The van der Waals surface area contributed by atoms with E-state index in [2.05, 4.69) is 17.9 Å². The third kappa shape index (κ3) is 8.43. The van der Waals surface area contributed by atoms with Gasteiger partial charge in [-0.1, -0.05) is 21.6 Å². The zero-order valence-electron chi connectivity index (χ0n) is 13.5. The predicted octanol–water partition coefficient (Wildman–Crippen LogP) is 2.67. The summed E-state index contributed by atoms with van der Waals surface area (Å²) in [6.07, 6.45) is 0.264. The number of nitrogens with one attached hydrogen (secondary N) is 1. The summed E-state index contributed by atoms with van der Waals surface area (Å²) in [5, 5.41) is 2.72. The van der Waals surface area contributed by atoms with Crippen LogP contribution < -0.4 is 5.32 Å². The van der Waals surface area contributed by atoms with E-state index in [0.29, 0.717) is 18.9 Å². The first-order valence-electron chi connectivity index (χ1n) is 7.41. The summed E-state index contributed by atoms with van der Waals surface area (Å²) in [5.41, 5.74) is -0.459. The van der Waals surface area contributed by atoms with Gasteiger partial charge in [0.2, 0.25) is 5.91 Å². The molecule has 1 atom stereocenters. The summed E-state index contributed by atoms with van der Waals surface area (Å²) in [5.74, 6) is 3.16. The van der Waals surface area contributed by atoms with E-state index < -0.39 is 5.60 Å². The van der Waals surface area contributed by atoms with Crippen LogP contribution in [-0.2, 0) is 9.53 Å². The number of rotatable bonds is 8. The lowest BCUT2D eigenvalue weighted by Gasteiger charge is -2.19. The molecular weight excluding hydrogens is 340 g/mol. The number of hydrogen-bond acceptors (Lipinski definition) is 6. The SMILES string of the molecule is CC(C)(C)OC(=O)NCCSSCCN1CC(CS)CC1=O. The number of alkyl carbamates (subject to hydrolysis) is 1. The zero-order valence-corrected chi connectivity index (χ0v) is 16.0. The topological polar surface area (TPSA) is 58.6 Å². The van der Waals surface area contributed by atoms with Gasteiger partial charge in [0.25, 0.3) is 0 Å². The van der Waals surface area contributed by atoms with Gasteiger partial charge < -0.3 is 15.0 Å². The van der Waals surface area contributed by atoms with Crippen LogP contribution in [0.5, 0.6) is 0 Å². The van der Waals surface area contributed by atoms with Crippen LogP contribution in [0.25, 0.3) is 0 Å². The van der Waals surface area contributed by atoms with Crippen molar-refractivity contribution in [3.8, 4) is 0 Å². The van der Waals surface area contributed by atoms with Crippen LogP contribution in [-0.4, -0.2) is 59.4 Å². The van der Waals surface area contributed by atoms with Crippen molar-refractivity contribution in [2.24, 2.45) is 5.92 Å². The number of nitrogens with zero attached hydrogens (tertiary/aromatic N) is 1. The fraction of sp³-hybridized carbons (Fsp3) is 0.857. The molecule has 2 amide bonds. The smallest absolute Gasteiger partial charge is 0.407 e. The molecule has 0 aromatic carbocycles. The van der Waals surface area contributed by atoms with Crippen molar-refractivity contribution in [2.75, 3.05) is 36.9 Å². The number of hydrogen-bond donors (Lipinski definition) is 2. The van der Waals surface area contributed by atoms with Gasteiger partial charge in [0.15, 0.2) is 0 Å². The third-order valence-corrected chi connectivity index (χ3v) is 5.84. The highest BCUT2D eigenvalue weighted by atomic mass is 33.1. The predicted molar refractivity (Wildman–Crippen MR) is 97.7 cm³/mol. The van der Waals surface area contributed by atoms with E-state index in [0.717, 1.165) is 30.3 Å². The largest absolute Gasteiger partial charge is 0.444 e. The van der Waals surface area contributed by atoms with Gasteiger partial charge in [-0.25, -0.2) is 4.79 Å². The average Bonchev–Trinajstić information content (AvgIpc) is 2.76. The minimum absolute atomic E-state index is 0.247.